The van der Waals surface area contributed by atoms with Gasteiger partial charge in [0.1, 0.15) is 18.1 Å². The van der Waals surface area contributed by atoms with Crippen molar-refractivity contribution in [3.63, 3.8) is 0 Å². The summed E-state index contributed by atoms with van der Waals surface area (Å²) in [5, 5.41) is 26.2. The molecule has 13 heteroatoms. The Hall–Kier alpha value is -4.26. The summed E-state index contributed by atoms with van der Waals surface area (Å²) in [5.74, 6) is -4.47. The Balaban J connectivity index is 2.17. The minimum atomic E-state index is -1.22. The Bertz CT molecular complexity index is 1110. The molecule has 0 spiro atoms. The number of rotatable bonds is 16. The number of H-pyrrole nitrogens is 1. The molecule has 1 aromatic heterocycles. The molecular weight excluding hydrogens is 508 g/mol. The second kappa shape index (κ2) is 15.2. The van der Waals surface area contributed by atoms with Gasteiger partial charge in [-0.25, -0.2) is 9.78 Å². The summed E-state index contributed by atoms with van der Waals surface area (Å²) in [6, 6.07) is 4.18. The quantitative estimate of drug-likeness (QED) is 0.151. The minimum absolute atomic E-state index is 0.00893. The fraction of sp³-hybridized carbons (Fsp3) is 0.462. The second-order valence-corrected chi connectivity index (χ2v) is 9.66. The molecule has 212 valence electrons. The van der Waals surface area contributed by atoms with Crippen LogP contribution in [0.2, 0.25) is 0 Å². The molecule has 0 radical (unpaired) electrons. The smallest absolute Gasteiger partial charge is 0.326 e. The van der Waals surface area contributed by atoms with Gasteiger partial charge in [0, 0.05) is 31.2 Å². The molecule has 2 aromatic rings. The van der Waals surface area contributed by atoms with Crippen LogP contribution < -0.4 is 21.7 Å². The standard InChI is InChI=1S/C26H36N6O7/c1-15(2)10-19(24(36)32-21(26(38)39)11-16-6-4-3-5-7-16)31-25(37)20(12-17-13-28-14-29-17)30-23(35)18(27)8-9-22(33)34/h3-7,13-15,18-21H,8-12,27H2,1-2H3,(H,28,29)(H,30,35)(H,31,37)(H,32,36)(H,33,34)(H,38,39). The van der Waals surface area contributed by atoms with Crippen LogP contribution in [-0.4, -0.2) is 74.0 Å². The SMILES string of the molecule is CC(C)CC(NC(=O)C(Cc1cnc[nH]1)NC(=O)C(N)CCC(=O)O)C(=O)NC(Cc1ccccc1)C(=O)O. The van der Waals surface area contributed by atoms with Crippen molar-refractivity contribution >= 4 is 29.7 Å². The summed E-state index contributed by atoms with van der Waals surface area (Å²) in [6.07, 6.45) is 2.67. The first kappa shape index (κ1) is 31.0. The number of aliphatic carboxylic acids is 2. The van der Waals surface area contributed by atoms with Gasteiger partial charge in [-0.05, 0) is 24.3 Å². The van der Waals surface area contributed by atoms with Crippen LogP contribution in [0.15, 0.2) is 42.9 Å². The molecule has 4 unspecified atom stereocenters. The zero-order valence-electron chi connectivity index (χ0n) is 21.9. The van der Waals surface area contributed by atoms with E-state index in [2.05, 4.69) is 25.9 Å². The van der Waals surface area contributed by atoms with Gasteiger partial charge >= 0.3 is 11.9 Å². The van der Waals surface area contributed by atoms with E-state index in [9.17, 15) is 29.1 Å². The first-order chi connectivity index (χ1) is 18.5. The predicted octanol–water partition coefficient (Wildman–Crippen LogP) is -0.0279. The van der Waals surface area contributed by atoms with Gasteiger partial charge in [-0.1, -0.05) is 44.2 Å². The number of hydrogen-bond acceptors (Lipinski definition) is 7. The van der Waals surface area contributed by atoms with Crippen molar-refractivity contribution in [1.82, 2.24) is 25.9 Å². The molecule has 4 atom stereocenters. The number of nitrogens with zero attached hydrogens (tertiary/aromatic N) is 1. The average molecular weight is 545 g/mol. The highest BCUT2D eigenvalue weighted by Gasteiger charge is 2.31. The molecule has 3 amide bonds. The van der Waals surface area contributed by atoms with E-state index in [1.54, 1.807) is 30.3 Å². The van der Waals surface area contributed by atoms with Crippen LogP contribution in [0.25, 0.3) is 0 Å². The Morgan fingerprint density at radius 2 is 1.51 bits per heavy atom. The normalized spacial score (nSPS) is 14.1. The molecule has 39 heavy (non-hydrogen) atoms. The van der Waals surface area contributed by atoms with E-state index < -0.39 is 53.8 Å². The van der Waals surface area contributed by atoms with Crippen molar-refractivity contribution in [2.45, 2.75) is 70.1 Å². The first-order valence-electron chi connectivity index (χ1n) is 12.6. The summed E-state index contributed by atoms with van der Waals surface area (Å²) in [7, 11) is 0. The highest BCUT2D eigenvalue weighted by Crippen LogP contribution is 2.09. The van der Waals surface area contributed by atoms with Gasteiger partial charge in [-0.2, -0.15) is 0 Å². The molecule has 8 N–H and O–H groups in total. The van der Waals surface area contributed by atoms with Gasteiger partial charge in [0.05, 0.1) is 12.4 Å². The summed E-state index contributed by atoms with van der Waals surface area (Å²) < 4.78 is 0. The molecule has 2 rings (SSSR count). The third kappa shape index (κ3) is 10.9. The predicted molar refractivity (Wildman–Crippen MR) is 140 cm³/mol. The summed E-state index contributed by atoms with van der Waals surface area (Å²) in [6.45, 7) is 3.69. The molecule has 0 aliphatic carbocycles. The zero-order chi connectivity index (χ0) is 28.9. The van der Waals surface area contributed by atoms with Crippen molar-refractivity contribution in [2.75, 3.05) is 0 Å². The molecule has 13 nitrogen and oxygen atoms in total. The van der Waals surface area contributed by atoms with Crippen LogP contribution in [-0.2, 0) is 36.8 Å². The van der Waals surface area contributed by atoms with E-state index in [1.165, 1.54) is 12.5 Å². The zero-order valence-corrected chi connectivity index (χ0v) is 21.9. The molecule has 1 heterocycles. The lowest BCUT2D eigenvalue weighted by atomic mass is 10.0. The molecule has 0 saturated heterocycles. The third-order valence-electron chi connectivity index (χ3n) is 5.86. The Morgan fingerprint density at radius 1 is 0.897 bits per heavy atom. The van der Waals surface area contributed by atoms with Gasteiger partial charge < -0.3 is 36.9 Å². The number of carboxylic acids is 2. The van der Waals surface area contributed by atoms with Crippen LogP contribution in [0.1, 0.15) is 44.4 Å². The number of benzene rings is 1. The van der Waals surface area contributed by atoms with Crippen molar-refractivity contribution < 1.29 is 34.2 Å². The first-order valence-corrected chi connectivity index (χ1v) is 12.6. The number of carboxylic acid groups (broad SMARTS) is 2. The summed E-state index contributed by atoms with van der Waals surface area (Å²) >= 11 is 0. The van der Waals surface area contributed by atoms with Gasteiger partial charge in [0.2, 0.25) is 17.7 Å². The van der Waals surface area contributed by atoms with Crippen LogP contribution >= 0.6 is 0 Å². The topological polar surface area (TPSA) is 217 Å². The van der Waals surface area contributed by atoms with Crippen LogP contribution in [0.5, 0.6) is 0 Å². The Kier molecular flexibility index (Phi) is 12.1. The molecule has 0 aliphatic heterocycles. The summed E-state index contributed by atoms with van der Waals surface area (Å²) in [5.41, 5.74) is 7.04. The second-order valence-electron chi connectivity index (χ2n) is 9.66. The number of carbonyl (C=O) groups excluding carboxylic acids is 3. The fourth-order valence-electron chi connectivity index (χ4n) is 3.81. The average Bonchev–Trinajstić information content (AvgIpc) is 3.39. The molecule has 0 fully saturated rings. The number of carbonyl (C=O) groups is 5. The fourth-order valence-corrected chi connectivity index (χ4v) is 3.81. The Labute approximate surface area is 226 Å². The highest BCUT2D eigenvalue weighted by atomic mass is 16.4. The van der Waals surface area contributed by atoms with Gasteiger partial charge in [0.25, 0.3) is 0 Å². The molecule has 0 bridgehead atoms. The monoisotopic (exact) mass is 544 g/mol. The number of amides is 3. The molecular formula is C26H36N6O7. The maximum atomic E-state index is 13.3. The van der Waals surface area contributed by atoms with Crippen molar-refractivity contribution in [2.24, 2.45) is 11.7 Å². The van der Waals surface area contributed by atoms with E-state index in [4.69, 9.17) is 10.8 Å². The number of nitrogens with two attached hydrogens (primary N) is 1. The van der Waals surface area contributed by atoms with E-state index in [1.807, 2.05) is 13.8 Å². The lowest BCUT2D eigenvalue weighted by Gasteiger charge is -2.26. The van der Waals surface area contributed by atoms with E-state index in [-0.39, 0.29) is 38.0 Å². The van der Waals surface area contributed by atoms with Crippen molar-refractivity contribution in [3.05, 3.63) is 54.1 Å². The molecule has 0 aliphatic rings. The maximum absolute atomic E-state index is 13.3. The van der Waals surface area contributed by atoms with Crippen molar-refractivity contribution in [1.29, 1.82) is 0 Å². The van der Waals surface area contributed by atoms with E-state index in [0.717, 1.165) is 5.56 Å². The van der Waals surface area contributed by atoms with Crippen molar-refractivity contribution in [3.8, 4) is 0 Å². The number of aromatic amines is 1. The van der Waals surface area contributed by atoms with E-state index >= 15 is 0 Å². The Morgan fingerprint density at radius 3 is 2.08 bits per heavy atom. The van der Waals surface area contributed by atoms with E-state index in [0.29, 0.717) is 5.69 Å². The lowest BCUT2D eigenvalue weighted by molar-refractivity contribution is -0.142. The number of nitrogens with one attached hydrogen (secondary N) is 4. The van der Waals surface area contributed by atoms with Crippen LogP contribution in [0.3, 0.4) is 0 Å². The number of imidazole rings is 1. The van der Waals surface area contributed by atoms with Crippen LogP contribution in [0, 0.1) is 5.92 Å². The lowest BCUT2D eigenvalue weighted by Crippen LogP contribution is -2.58. The number of aromatic nitrogens is 2. The van der Waals surface area contributed by atoms with Gasteiger partial charge in [0.15, 0.2) is 0 Å². The largest absolute Gasteiger partial charge is 0.481 e. The van der Waals surface area contributed by atoms with Gasteiger partial charge in [-0.15, -0.1) is 0 Å². The van der Waals surface area contributed by atoms with Crippen LogP contribution in [0.4, 0.5) is 0 Å². The highest BCUT2D eigenvalue weighted by molar-refractivity contribution is 5.94. The molecule has 0 saturated carbocycles. The number of hydrogen-bond donors (Lipinski definition) is 7. The third-order valence-corrected chi connectivity index (χ3v) is 5.86. The van der Waals surface area contributed by atoms with Gasteiger partial charge in [-0.3, -0.25) is 19.2 Å². The summed E-state index contributed by atoms with van der Waals surface area (Å²) in [4.78, 5) is 68.5. The maximum Gasteiger partial charge on any atom is 0.326 e. The minimum Gasteiger partial charge on any atom is -0.481 e. The molecule has 1 aromatic carbocycles.